The van der Waals surface area contributed by atoms with E-state index in [1.54, 1.807) is 20.8 Å². The summed E-state index contributed by atoms with van der Waals surface area (Å²) in [7, 11) is 0. The maximum Gasteiger partial charge on any atom is 0.419 e. The van der Waals surface area contributed by atoms with Gasteiger partial charge in [-0.1, -0.05) is 0 Å². The minimum absolute atomic E-state index is 0.0837. The third kappa shape index (κ3) is 7.46. The number of nitriles is 1. The zero-order valence-corrected chi connectivity index (χ0v) is 18.3. The zero-order chi connectivity index (χ0) is 25.0. The van der Waals surface area contributed by atoms with Gasteiger partial charge in [0, 0.05) is 18.3 Å². The number of hydrogen-bond donors (Lipinski definition) is 3. The van der Waals surface area contributed by atoms with Crippen molar-refractivity contribution in [2.75, 3.05) is 5.32 Å². The quantitative estimate of drug-likeness (QED) is 0.591. The first-order valence-electron chi connectivity index (χ1n) is 9.60. The van der Waals surface area contributed by atoms with E-state index >= 15 is 0 Å². The molecule has 3 N–H and O–H groups in total. The number of halogens is 3. The van der Waals surface area contributed by atoms with Crippen molar-refractivity contribution in [1.29, 1.82) is 5.26 Å². The number of amides is 2. The fourth-order valence-corrected chi connectivity index (χ4v) is 2.56. The number of ether oxygens (including phenoxy) is 1. The smallest absolute Gasteiger partial charge is 0.419 e. The second-order valence-corrected chi connectivity index (χ2v) is 8.36. The molecule has 0 aliphatic rings. The fraction of sp³-hybridized carbons (Fsp3) is 0.450. The Kier molecular flexibility index (Phi) is 7.33. The molecule has 1 atom stereocenters. The van der Waals surface area contributed by atoms with Gasteiger partial charge in [0.2, 0.25) is 0 Å². The van der Waals surface area contributed by atoms with Crippen LogP contribution in [-0.2, 0) is 28.8 Å². The van der Waals surface area contributed by atoms with Gasteiger partial charge in [0.05, 0.1) is 30.2 Å². The van der Waals surface area contributed by atoms with Crippen LogP contribution in [0, 0.1) is 11.3 Å². The van der Waals surface area contributed by atoms with Crippen LogP contribution in [0.5, 0.6) is 0 Å². The number of anilines is 1. The summed E-state index contributed by atoms with van der Waals surface area (Å²) in [6, 6.07) is 1.90. The number of alkyl carbamates (subject to hydrolysis) is 1. The first kappa shape index (κ1) is 25.6. The summed E-state index contributed by atoms with van der Waals surface area (Å²) < 4.78 is 45.6. The molecular formula is C20H23F3N6O4. The normalized spacial score (nSPS) is 13.5. The molecule has 0 aliphatic heterocycles. The van der Waals surface area contributed by atoms with E-state index in [9.17, 15) is 27.9 Å². The summed E-state index contributed by atoms with van der Waals surface area (Å²) in [4.78, 5) is 27.6. The van der Waals surface area contributed by atoms with Crippen LogP contribution >= 0.6 is 0 Å². The van der Waals surface area contributed by atoms with Crippen LogP contribution in [0.25, 0.3) is 0 Å². The van der Waals surface area contributed by atoms with Gasteiger partial charge in [-0.15, -0.1) is 0 Å². The lowest BCUT2D eigenvalue weighted by atomic mass is 10.1. The topological polar surface area (TPSA) is 142 Å². The molecule has 10 nitrogen and oxygen atoms in total. The van der Waals surface area contributed by atoms with Crippen molar-refractivity contribution in [1.82, 2.24) is 20.1 Å². The molecule has 0 bridgehead atoms. The average Bonchev–Trinajstić information content (AvgIpc) is 3.11. The first-order chi connectivity index (χ1) is 15.1. The number of nitrogens with zero attached hydrogens (tertiary/aromatic N) is 4. The number of carbonyl (C=O) groups is 2. The molecule has 0 spiro atoms. The van der Waals surface area contributed by atoms with E-state index in [2.05, 4.69) is 20.7 Å². The molecule has 0 saturated carbocycles. The highest BCUT2D eigenvalue weighted by molar-refractivity contribution is 5.96. The van der Waals surface area contributed by atoms with Gasteiger partial charge in [0.1, 0.15) is 11.7 Å². The van der Waals surface area contributed by atoms with Crippen LogP contribution in [0.4, 0.5) is 23.7 Å². The summed E-state index contributed by atoms with van der Waals surface area (Å²) in [6.45, 7) is 6.06. The van der Waals surface area contributed by atoms with E-state index in [0.717, 1.165) is 13.1 Å². The van der Waals surface area contributed by atoms with Gasteiger partial charge in [0.25, 0.3) is 5.91 Å². The molecule has 0 aromatic carbocycles. The number of alkyl halides is 3. The second kappa shape index (κ2) is 9.45. The van der Waals surface area contributed by atoms with Gasteiger partial charge in [-0.25, -0.2) is 9.78 Å². The molecule has 178 valence electrons. The van der Waals surface area contributed by atoms with Gasteiger partial charge in [0.15, 0.2) is 11.3 Å². The molecule has 0 saturated heterocycles. The number of carbonyl (C=O) groups excluding carboxylic acids is 2. The number of aliphatic hydroxyl groups is 1. The Hall–Kier alpha value is -3.66. The van der Waals surface area contributed by atoms with Crippen LogP contribution in [0.2, 0.25) is 0 Å². The molecule has 0 fully saturated rings. The lowest BCUT2D eigenvalue weighted by molar-refractivity contribution is -0.138. The Labute approximate surface area is 187 Å². The predicted octanol–water partition coefficient (Wildman–Crippen LogP) is 2.58. The van der Waals surface area contributed by atoms with Crippen LogP contribution in [0.15, 0.2) is 24.7 Å². The lowest BCUT2D eigenvalue weighted by Crippen LogP contribution is -2.44. The largest absolute Gasteiger partial charge is 0.444 e. The fourth-order valence-electron chi connectivity index (χ4n) is 2.56. The highest BCUT2D eigenvalue weighted by Crippen LogP contribution is 2.32. The number of aromatic nitrogens is 3. The minimum atomic E-state index is -4.85. The van der Waals surface area contributed by atoms with Crippen molar-refractivity contribution in [3.05, 3.63) is 41.5 Å². The highest BCUT2D eigenvalue weighted by Gasteiger charge is 2.36. The average molecular weight is 468 g/mol. The molecule has 0 radical (unpaired) electrons. The van der Waals surface area contributed by atoms with Gasteiger partial charge in [-0.2, -0.15) is 23.5 Å². The van der Waals surface area contributed by atoms with E-state index in [4.69, 9.17) is 10.00 Å². The molecule has 0 aliphatic carbocycles. The predicted molar refractivity (Wildman–Crippen MR) is 109 cm³/mol. The third-order valence-corrected chi connectivity index (χ3v) is 4.04. The number of pyridine rings is 1. The van der Waals surface area contributed by atoms with Crippen molar-refractivity contribution < 1.29 is 32.6 Å². The lowest BCUT2D eigenvalue weighted by Gasteiger charge is -2.22. The van der Waals surface area contributed by atoms with Crippen molar-refractivity contribution in [2.24, 2.45) is 0 Å². The molecular weight excluding hydrogens is 445 g/mol. The highest BCUT2D eigenvalue weighted by atomic mass is 19.4. The Bertz CT molecular complexity index is 1070. The van der Waals surface area contributed by atoms with Gasteiger partial charge in [-0.05, 0) is 33.8 Å². The maximum absolute atomic E-state index is 13.1. The van der Waals surface area contributed by atoms with Crippen molar-refractivity contribution in [3.63, 3.8) is 0 Å². The maximum atomic E-state index is 13.1. The van der Waals surface area contributed by atoms with E-state index in [0.29, 0.717) is 11.6 Å². The Morgan fingerprint density at radius 2 is 1.91 bits per heavy atom. The van der Waals surface area contributed by atoms with Crippen molar-refractivity contribution >= 4 is 17.7 Å². The summed E-state index contributed by atoms with van der Waals surface area (Å²) in [5.41, 5.74) is -4.65. The SMILES string of the molecule is CC(C)(C)OC(=O)NCc1cnn(C[C@](C)(O)C(=O)Nc2cnc(C#N)c(C(F)(F)F)c2)c1. The zero-order valence-electron chi connectivity index (χ0n) is 18.3. The standard InChI is InChI=1S/C20H23F3N6O4/c1-18(2,3)33-17(31)26-7-12-8-27-29(10-12)11-19(4,32)16(30)28-13-5-14(20(21,22)23)15(6-24)25-9-13/h5,8-10,32H,7,11H2,1-4H3,(H,26,31)(H,28,30)/t19-/m0/s1. The molecule has 2 rings (SSSR count). The van der Waals surface area contributed by atoms with Crippen molar-refractivity contribution in [3.8, 4) is 6.07 Å². The summed E-state index contributed by atoms with van der Waals surface area (Å²) in [5.74, 6) is -1.01. The Balaban J connectivity index is 2.03. The molecule has 2 aromatic rings. The van der Waals surface area contributed by atoms with Gasteiger partial charge < -0.3 is 20.5 Å². The Morgan fingerprint density at radius 3 is 2.48 bits per heavy atom. The van der Waals surface area contributed by atoms with Crippen LogP contribution < -0.4 is 10.6 Å². The summed E-state index contributed by atoms with van der Waals surface area (Å²) >= 11 is 0. The Morgan fingerprint density at radius 1 is 1.24 bits per heavy atom. The summed E-state index contributed by atoms with van der Waals surface area (Å²) in [5, 5.41) is 28.0. The van der Waals surface area contributed by atoms with E-state index in [1.807, 2.05) is 0 Å². The number of hydrogen-bond acceptors (Lipinski definition) is 7. The second-order valence-electron chi connectivity index (χ2n) is 8.36. The number of rotatable bonds is 6. The molecule has 2 aromatic heterocycles. The molecule has 13 heteroatoms. The van der Waals surface area contributed by atoms with E-state index < -0.39 is 40.6 Å². The van der Waals surface area contributed by atoms with Crippen LogP contribution in [0.1, 0.15) is 44.5 Å². The van der Waals surface area contributed by atoms with Gasteiger partial charge >= 0.3 is 12.3 Å². The van der Waals surface area contributed by atoms with E-state index in [-0.39, 0.29) is 18.8 Å². The van der Waals surface area contributed by atoms with E-state index in [1.165, 1.54) is 23.1 Å². The number of nitrogens with one attached hydrogen (secondary N) is 2. The monoisotopic (exact) mass is 468 g/mol. The first-order valence-corrected chi connectivity index (χ1v) is 9.60. The molecule has 33 heavy (non-hydrogen) atoms. The van der Waals surface area contributed by atoms with Crippen LogP contribution in [-0.4, -0.2) is 43.1 Å². The van der Waals surface area contributed by atoms with Crippen LogP contribution in [0.3, 0.4) is 0 Å². The van der Waals surface area contributed by atoms with Crippen molar-refractivity contribution in [2.45, 2.75) is 58.2 Å². The minimum Gasteiger partial charge on any atom is -0.444 e. The molecule has 0 unspecified atom stereocenters. The summed E-state index contributed by atoms with van der Waals surface area (Å²) in [6.07, 6.45) is -1.71. The molecule has 2 heterocycles. The van der Waals surface area contributed by atoms with Gasteiger partial charge in [-0.3, -0.25) is 9.48 Å². The molecule has 2 amide bonds. The third-order valence-electron chi connectivity index (χ3n) is 4.04.